The largest absolute Gasteiger partial charge is 0.341 e. The summed E-state index contributed by atoms with van der Waals surface area (Å²) in [5, 5.41) is 0. The number of carbonyl (C=O) groups is 1. The molecule has 152 valence electrons. The zero-order valence-corrected chi connectivity index (χ0v) is 16.8. The third-order valence-corrected chi connectivity index (χ3v) is 6.74. The van der Waals surface area contributed by atoms with Crippen LogP contribution in [0.2, 0.25) is 0 Å². The Kier molecular flexibility index (Phi) is 7.62. The Morgan fingerprint density at radius 1 is 1.22 bits per heavy atom. The minimum atomic E-state index is -3.81. The van der Waals surface area contributed by atoms with Crippen molar-refractivity contribution in [3.63, 3.8) is 0 Å². The van der Waals surface area contributed by atoms with Gasteiger partial charge in [-0.05, 0) is 50.3 Å². The zero-order valence-electron chi connectivity index (χ0n) is 15.1. The van der Waals surface area contributed by atoms with Gasteiger partial charge in [0.05, 0.1) is 4.90 Å². The average Bonchev–Trinajstić information content (AvgIpc) is 2.61. The Morgan fingerprint density at radius 3 is 2.70 bits per heavy atom. The number of sulfonamides is 1. The molecule has 6 nitrogen and oxygen atoms in total. The lowest BCUT2D eigenvalue weighted by Crippen LogP contribution is -2.51. The molecule has 2 aliphatic rings. The van der Waals surface area contributed by atoms with Crippen molar-refractivity contribution in [1.82, 2.24) is 9.62 Å². The smallest absolute Gasteiger partial charge is 0.240 e. The Hall–Kier alpha value is -1.22. The maximum Gasteiger partial charge on any atom is 0.240 e. The lowest BCUT2D eigenvalue weighted by molar-refractivity contribution is -0.138. The molecule has 3 unspecified atom stereocenters. The van der Waals surface area contributed by atoms with Crippen molar-refractivity contribution < 1.29 is 17.6 Å². The summed E-state index contributed by atoms with van der Waals surface area (Å²) in [5.74, 6) is -0.575. The summed E-state index contributed by atoms with van der Waals surface area (Å²) in [6.07, 6.45) is 4.86. The fraction of sp³-hybridized carbons (Fsp3) is 0.611. The van der Waals surface area contributed by atoms with Gasteiger partial charge >= 0.3 is 0 Å². The normalized spacial score (nSPS) is 26.3. The molecule has 3 N–H and O–H groups in total. The fourth-order valence-corrected chi connectivity index (χ4v) is 5.20. The molecule has 1 aromatic carbocycles. The van der Waals surface area contributed by atoms with Gasteiger partial charge in [0.15, 0.2) is 0 Å². The molecule has 0 radical (unpaired) electrons. The molecule has 1 heterocycles. The van der Waals surface area contributed by atoms with Crippen LogP contribution in [0.3, 0.4) is 0 Å². The van der Waals surface area contributed by atoms with Crippen molar-refractivity contribution in [3.8, 4) is 0 Å². The molecule has 3 atom stereocenters. The van der Waals surface area contributed by atoms with Gasteiger partial charge in [0.1, 0.15) is 5.82 Å². The topological polar surface area (TPSA) is 92.5 Å². The second-order valence-electron chi connectivity index (χ2n) is 7.33. The van der Waals surface area contributed by atoms with E-state index >= 15 is 0 Å². The first-order valence-corrected chi connectivity index (χ1v) is 10.7. The van der Waals surface area contributed by atoms with Gasteiger partial charge in [-0.3, -0.25) is 4.79 Å². The number of nitrogens with two attached hydrogens (primary N) is 1. The van der Waals surface area contributed by atoms with Crippen LogP contribution in [0.1, 0.15) is 38.5 Å². The maximum atomic E-state index is 13.3. The van der Waals surface area contributed by atoms with Crippen LogP contribution < -0.4 is 10.5 Å². The van der Waals surface area contributed by atoms with E-state index in [2.05, 4.69) is 4.72 Å². The predicted molar refractivity (Wildman–Crippen MR) is 104 cm³/mol. The summed E-state index contributed by atoms with van der Waals surface area (Å²) in [4.78, 5) is 14.4. The molecule has 1 aromatic rings. The number of hydrogen-bond donors (Lipinski definition) is 2. The van der Waals surface area contributed by atoms with Crippen LogP contribution in [0.5, 0.6) is 0 Å². The first kappa shape index (κ1) is 22.1. The number of amides is 1. The van der Waals surface area contributed by atoms with E-state index < -0.39 is 15.8 Å². The lowest BCUT2D eigenvalue weighted by Gasteiger charge is -2.36. The van der Waals surface area contributed by atoms with Crippen molar-refractivity contribution in [2.24, 2.45) is 11.7 Å². The highest BCUT2D eigenvalue weighted by molar-refractivity contribution is 7.89. The number of halogens is 2. The minimum absolute atomic E-state index is 0. The standard InChI is InChI=1S/C18H26FN3O3S.ClH/c19-14-5-2-8-17(11-14)26(24,25)21-16-7-3-9-22(12-16)18(23)13-4-1-6-15(20)10-13;/h2,5,8,11,13,15-16,21H,1,3-4,6-7,9-10,12,20H2;1H. The molecule has 0 aromatic heterocycles. The van der Waals surface area contributed by atoms with Crippen LogP contribution in [0, 0.1) is 11.7 Å². The minimum Gasteiger partial charge on any atom is -0.341 e. The lowest BCUT2D eigenvalue weighted by atomic mass is 9.85. The molecular weight excluding hydrogens is 393 g/mol. The molecule has 1 amide bonds. The van der Waals surface area contributed by atoms with Crippen molar-refractivity contribution in [3.05, 3.63) is 30.1 Å². The highest BCUT2D eigenvalue weighted by Gasteiger charge is 2.33. The molecular formula is C18H27ClFN3O3S. The van der Waals surface area contributed by atoms with E-state index in [1.807, 2.05) is 0 Å². The van der Waals surface area contributed by atoms with E-state index in [0.29, 0.717) is 25.9 Å². The number of piperidine rings is 1. The molecule has 0 spiro atoms. The van der Waals surface area contributed by atoms with E-state index in [4.69, 9.17) is 5.73 Å². The number of benzene rings is 1. The number of nitrogens with zero attached hydrogens (tertiary/aromatic N) is 1. The fourth-order valence-electron chi connectivity index (χ4n) is 3.91. The van der Waals surface area contributed by atoms with Gasteiger partial charge in [-0.15, -0.1) is 12.4 Å². The van der Waals surface area contributed by atoms with Crippen molar-refractivity contribution in [2.45, 2.75) is 55.5 Å². The Labute approximate surface area is 166 Å². The van der Waals surface area contributed by atoms with Crippen molar-refractivity contribution in [2.75, 3.05) is 13.1 Å². The van der Waals surface area contributed by atoms with Crippen molar-refractivity contribution in [1.29, 1.82) is 0 Å². The van der Waals surface area contributed by atoms with Crippen LogP contribution in [-0.2, 0) is 14.8 Å². The SMILES string of the molecule is Cl.NC1CCCC(C(=O)N2CCCC(NS(=O)(=O)c3cccc(F)c3)C2)C1. The van der Waals surface area contributed by atoms with Crippen LogP contribution >= 0.6 is 12.4 Å². The second-order valence-corrected chi connectivity index (χ2v) is 9.04. The second kappa shape index (κ2) is 9.32. The summed E-state index contributed by atoms with van der Waals surface area (Å²) in [7, 11) is -3.81. The van der Waals surface area contributed by atoms with E-state index in [1.165, 1.54) is 18.2 Å². The highest BCUT2D eigenvalue weighted by atomic mass is 35.5. The molecule has 1 aliphatic carbocycles. The van der Waals surface area contributed by atoms with Crippen LogP contribution in [-0.4, -0.2) is 44.4 Å². The van der Waals surface area contributed by atoms with Gasteiger partial charge in [0.2, 0.25) is 15.9 Å². The predicted octanol–water partition coefficient (Wildman–Crippen LogP) is 2.03. The highest BCUT2D eigenvalue weighted by Crippen LogP contribution is 2.26. The molecule has 1 saturated heterocycles. The third-order valence-electron chi connectivity index (χ3n) is 5.23. The molecule has 1 saturated carbocycles. The third kappa shape index (κ3) is 5.63. The summed E-state index contributed by atoms with van der Waals surface area (Å²) in [6, 6.07) is 4.64. The van der Waals surface area contributed by atoms with E-state index in [9.17, 15) is 17.6 Å². The first-order valence-electron chi connectivity index (χ1n) is 9.17. The van der Waals surface area contributed by atoms with Gasteiger partial charge < -0.3 is 10.6 Å². The molecule has 2 fully saturated rings. The van der Waals surface area contributed by atoms with Crippen LogP contribution in [0.15, 0.2) is 29.2 Å². The van der Waals surface area contributed by atoms with Gasteiger partial charge in [-0.25, -0.2) is 17.5 Å². The number of carbonyl (C=O) groups excluding carboxylic acids is 1. The van der Waals surface area contributed by atoms with E-state index in [1.54, 1.807) is 4.90 Å². The monoisotopic (exact) mass is 419 g/mol. The molecule has 1 aliphatic heterocycles. The summed E-state index contributed by atoms with van der Waals surface area (Å²) in [6.45, 7) is 0.988. The summed E-state index contributed by atoms with van der Waals surface area (Å²) < 4.78 is 40.9. The Balaban J connectivity index is 0.00000261. The number of hydrogen-bond acceptors (Lipinski definition) is 4. The number of nitrogens with one attached hydrogen (secondary N) is 1. The van der Waals surface area contributed by atoms with Gasteiger partial charge in [0.25, 0.3) is 0 Å². The molecule has 27 heavy (non-hydrogen) atoms. The quantitative estimate of drug-likeness (QED) is 0.781. The van der Waals surface area contributed by atoms with Crippen LogP contribution in [0.25, 0.3) is 0 Å². The average molecular weight is 420 g/mol. The van der Waals surface area contributed by atoms with Crippen LogP contribution in [0.4, 0.5) is 4.39 Å². The maximum absolute atomic E-state index is 13.3. The van der Waals surface area contributed by atoms with Gasteiger partial charge in [0, 0.05) is 31.1 Å². The van der Waals surface area contributed by atoms with Crippen molar-refractivity contribution >= 4 is 28.3 Å². The number of likely N-dealkylation sites (tertiary alicyclic amines) is 1. The van der Waals surface area contributed by atoms with E-state index in [0.717, 1.165) is 31.7 Å². The Bertz CT molecular complexity index is 762. The first-order chi connectivity index (χ1) is 12.3. The molecule has 9 heteroatoms. The Morgan fingerprint density at radius 2 is 2.00 bits per heavy atom. The zero-order chi connectivity index (χ0) is 18.7. The summed E-state index contributed by atoms with van der Waals surface area (Å²) in [5.41, 5.74) is 5.99. The summed E-state index contributed by atoms with van der Waals surface area (Å²) >= 11 is 0. The van der Waals surface area contributed by atoms with Gasteiger partial charge in [-0.2, -0.15) is 0 Å². The van der Waals surface area contributed by atoms with Gasteiger partial charge in [-0.1, -0.05) is 12.5 Å². The van der Waals surface area contributed by atoms with E-state index in [-0.39, 0.29) is 41.2 Å². The molecule has 0 bridgehead atoms. The molecule has 3 rings (SSSR count). The number of rotatable bonds is 4.